The lowest BCUT2D eigenvalue weighted by Gasteiger charge is -2.20. The molecular weight excluding hydrogens is 384 g/mol. The first kappa shape index (κ1) is 19.2. The van der Waals surface area contributed by atoms with Crippen LogP contribution >= 0.6 is 0 Å². The summed E-state index contributed by atoms with van der Waals surface area (Å²) >= 11 is 0. The molecule has 0 aliphatic carbocycles. The Balaban J connectivity index is 1.58. The zero-order chi connectivity index (χ0) is 20.4. The highest BCUT2D eigenvalue weighted by Gasteiger charge is 2.31. The van der Waals surface area contributed by atoms with Crippen LogP contribution in [0.25, 0.3) is 0 Å². The van der Waals surface area contributed by atoms with Crippen molar-refractivity contribution in [3.8, 4) is 0 Å². The zero-order valence-corrected chi connectivity index (χ0v) is 16.9. The second-order valence-corrected chi connectivity index (χ2v) is 8.95. The molecule has 1 N–H and O–H groups in total. The van der Waals surface area contributed by atoms with Crippen molar-refractivity contribution in [2.24, 2.45) is 0 Å². The molecule has 148 valence electrons. The molecule has 6 heteroatoms. The summed E-state index contributed by atoms with van der Waals surface area (Å²) in [6, 6.07) is 23.2. The number of benzene rings is 3. The van der Waals surface area contributed by atoms with Gasteiger partial charge >= 0.3 is 0 Å². The number of amides is 1. The number of hydrogen-bond donors (Lipinski definition) is 1. The number of para-hydroxylation sites is 1. The second-order valence-electron chi connectivity index (χ2n) is 7.09. The van der Waals surface area contributed by atoms with Crippen molar-refractivity contribution in [1.82, 2.24) is 5.32 Å². The number of fused-ring (bicyclic) bond motifs is 1. The third-order valence-electron chi connectivity index (χ3n) is 5.18. The Morgan fingerprint density at radius 3 is 2.48 bits per heavy atom. The molecule has 0 radical (unpaired) electrons. The Kier molecular flexibility index (Phi) is 5.11. The van der Waals surface area contributed by atoms with Gasteiger partial charge in [-0.1, -0.05) is 54.6 Å². The number of carbonyl (C=O) groups is 1. The van der Waals surface area contributed by atoms with Gasteiger partial charge in [0.25, 0.3) is 15.9 Å². The summed E-state index contributed by atoms with van der Waals surface area (Å²) in [7, 11) is -3.74. The fourth-order valence-corrected chi connectivity index (χ4v) is 5.14. The molecule has 5 nitrogen and oxygen atoms in total. The monoisotopic (exact) mass is 406 g/mol. The van der Waals surface area contributed by atoms with Crippen molar-refractivity contribution in [2.45, 2.75) is 24.3 Å². The number of nitrogens with zero attached hydrogens (tertiary/aromatic N) is 1. The maximum absolute atomic E-state index is 13.2. The predicted octanol–water partition coefficient (Wildman–Crippen LogP) is 3.93. The van der Waals surface area contributed by atoms with Crippen LogP contribution in [0.1, 0.15) is 34.5 Å². The maximum Gasteiger partial charge on any atom is 0.264 e. The van der Waals surface area contributed by atoms with E-state index in [-0.39, 0.29) is 16.8 Å². The summed E-state index contributed by atoms with van der Waals surface area (Å²) in [5.41, 5.74) is 3.03. The average molecular weight is 407 g/mol. The van der Waals surface area contributed by atoms with Crippen LogP contribution in [0.15, 0.2) is 83.8 Å². The molecule has 1 heterocycles. The van der Waals surface area contributed by atoms with E-state index in [1.807, 2.05) is 61.5 Å². The number of anilines is 1. The first-order valence-electron chi connectivity index (χ1n) is 9.53. The third-order valence-corrected chi connectivity index (χ3v) is 6.99. The third kappa shape index (κ3) is 3.76. The van der Waals surface area contributed by atoms with Gasteiger partial charge in [0.2, 0.25) is 0 Å². The lowest BCUT2D eigenvalue weighted by molar-refractivity contribution is 0.0939. The standard InChI is InChI=1S/C23H22N2O3S/c1-17(18-8-3-2-4-9-18)24-23(26)20-11-7-12-21(16-20)29(27,28)25-15-14-19-10-5-6-13-22(19)25/h2-13,16-17H,14-15H2,1H3,(H,24,26). The summed E-state index contributed by atoms with van der Waals surface area (Å²) in [5, 5.41) is 2.93. The Morgan fingerprint density at radius 2 is 1.69 bits per heavy atom. The van der Waals surface area contributed by atoms with E-state index in [9.17, 15) is 13.2 Å². The lowest BCUT2D eigenvalue weighted by Crippen LogP contribution is -2.30. The van der Waals surface area contributed by atoms with E-state index in [4.69, 9.17) is 0 Å². The molecule has 1 atom stereocenters. The van der Waals surface area contributed by atoms with E-state index in [1.165, 1.54) is 16.4 Å². The fourth-order valence-electron chi connectivity index (χ4n) is 3.59. The summed E-state index contributed by atoms with van der Waals surface area (Å²) in [6.45, 7) is 2.30. The molecule has 1 amide bonds. The normalized spacial score (nSPS) is 14.3. The maximum atomic E-state index is 13.2. The van der Waals surface area contributed by atoms with E-state index in [2.05, 4.69) is 5.32 Å². The molecule has 4 rings (SSSR count). The van der Waals surface area contributed by atoms with Gasteiger partial charge in [-0.25, -0.2) is 8.42 Å². The van der Waals surface area contributed by atoms with Crippen molar-refractivity contribution in [2.75, 3.05) is 10.8 Å². The van der Waals surface area contributed by atoms with Crippen molar-refractivity contribution in [3.05, 3.63) is 95.6 Å². The Morgan fingerprint density at radius 1 is 0.966 bits per heavy atom. The molecule has 0 bridgehead atoms. The van der Waals surface area contributed by atoms with Gasteiger partial charge in [-0.3, -0.25) is 9.10 Å². The molecule has 29 heavy (non-hydrogen) atoms. The van der Waals surface area contributed by atoms with E-state index < -0.39 is 10.0 Å². The second kappa shape index (κ2) is 7.72. The highest BCUT2D eigenvalue weighted by molar-refractivity contribution is 7.92. The minimum atomic E-state index is -3.74. The molecule has 1 unspecified atom stereocenters. The minimum absolute atomic E-state index is 0.120. The van der Waals surface area contributed by atoms with E-state index in [0.717, 1.165) is 11.1 Å². The van der Waals surface area contributed by atoms with Crippen LogP contribution in [-0.4, -0.2) is 20.9 Å². The van der Waals surface area contributed by atoms with Crippen LogP contribution in [0.2, 0.25) is 0 Å². The van der Waals surface area contributed by atoms with Crippen LogP contribution in [-0.2, 0) is 16.4 Å². The van der Waals surface area contributed by atoms with Crippen LogP contribution in [0.3, 0.4) is 0 Å². The van der Waals surface area contributed by atoms with E-state index in [1.54, 1.807) is 12.1 Å². The van der Waals surface area contributed by atoms with Crippen LogP contribution in [0.5, 0.6) is 0 Å². The van der Waals surface area contributed by atoms with E-state index in [0.29, 0.717) is 24.2 Å². The van der Waals surface area contributed by atoms with Gasteiger partial charge < -0.3 is 5.32 Å². The minimum Gasteiger partial charge on any atom is -0.346 e. The summed E-state index contributed by atoms with van der Waals surface area (Å²) in [6.07, 6.45) is 0.685. The molecule has 3 aromatic carbocycles. The number of sulfonamides is 1. The van der Waals surface area contributed by atoms with Crippen LogP contribution in [0, 0.1) is 0 Å². The van der Waals surface area contributed by atoms with Gasteiger partial charge in [-0.15, -0.1) is 0 Å². The Bertz CT molecular complexity index is 1140. The quantitative estimate of drug-likeness (QED) is 0.698. The highest BCUT2D eigenvalue weighted by Crippen LogP contribution is 2.32. The molecule has 0 fully saturated rings. The first-order chi connectivity index (χ1) is 14.0. The molecule has 1 aliphatic heterocycles. The zero-order valence-electron chi connectivity index (χ0n) is 16.1. The van der Waals surface area contributed by atoms with Gasteiger partial charge in [0.15, 0.2) is 0 Å². The highest BCUT2D eigenvalue weighted by atomic mass is 32.2. The summed E-state index contributed by atoms with van der Waals surface area (Å²) in [4.78, 5) is 12.8. The SMILES string of the molecule is CC(NC(=O)c1cccc(S(=O)(=O)N2CCc3ccccc32)c1)c1ccccc1. The molecule has 0 saturated carbocycles. The van der Waals surface area contributed by atoms with Gasteiger partial charge in [0.05, 0.1) is 16.6 Å². The molecule has 3 aromatic rings. The Hall–Kier alpha value is -3.12. The number of nitrogens with one attached hydrogen (secondary N) is 1. The molecule has 0 aromatic heterocycles. The number of rotatable bonds is 5. The van der Waals surface area contributed by atoms with Crippen molar-refractivity contribution in [1.29, 1.82) is 0 Å². The number of hydrogen-bond acceptors (Lipinski definition) is 3. The van der Waals surface area contributed by atoms with Crippen molar-refractivity contribution < 1.29 is 13.2 Å². The fraction of sp³-hybridized carbons (Fsp3) is 0.174. The smallest absolute Gasteiger partial charge is 0.264 e. The van der Waals surface area contributed by atoms with E-state index >= 15 is 0 Å². The summed E-state index contributed by atoms with van der Waals surface area (Å²) < 4.78 is 27.8. The van der Waals surface area contributed by atoms with Crippen molar-refractivity contribution >= 4 is 21.6 Å². The number of carbonyl (C=O) groups excluding carboxylic acids is 1. The molecular formula is C23H22N2O3S. The van der Waals surface area contributed by atoms with Crippen LogP contribution < -0.4 is 9.62 Å². The van der Waals surface area contributed by atoms with Gasteiger partial charge in [-0.2, -0.15) is 0 Å². The summed E-state index contributed by atoms with van der Waals surface area (Å²) in [5.74, 6) is -0.305. The average Bonchev–Trinajstić information content (AvgIpc) is 3.19. The first-order valence-corrected chi connectivity index (χ1v) is 11.0. The van der Waals surface area contributed by atoms with Gasteiger partial charge in [0.1, 0.15) is 0 Å². The van der Waals surface area contributed by atoms with Crippen LogP contribution in [0.4, 0.5) is 5.69 Å². The van der Waals surface area contributed by atoms with Gasteiger partial charge in [0, 0.05) is 12.1 Å². The largest absolute Gasteiger partial charge is 0.346 e. The topological polar surface area (TPSA) is 66.5 Å². The van der Waals surface area contributed by atoms with Gasteiger partial charge in [-0.05, 0) is 48.7 Å². The predicted molar refractivity (Wildman–Crippen MR) is 113 cm³/mol. The molecule has 0 saturated heterocycles. The lowest BCUT2D eigenvalue weighted by atomic mass is 10.1. The molecule has 0 spiro atoms. The Labute approximate surface area is 171 Å². The molecule has 1 aliphatic rings. The van der Waals surface area contributed by atoms with Crippen molar-refractivity contribution in [3.63, 3.8) is 0 Å².